The number of nitrogens with one attached hydrogen (secondary N) is 1. The quantitative estimate of drug-likeness (QED) is 0.884. The summed E-state index contributed by atoms with van der Waals surface area (Å²) in [5.41, 5.74) is -0.533. The molecule has 2 amide bonds. The van der Waals surface area contributed by atoms with Crippen molar-refractivity contribution in [3.05, 3.63) is 60.2 Å². The van der Waals surface area contributed by atoms with E-state index in [-0.39, 0.29) is 10.6 Å². The Labute approximate surface area is 150 Å². The van der Waals surface area contributed by atoms with Gasteiger partial charge in [0.15, 0.2) is 9.84 Å². The molecule has 5 nitrogen and oxygen atoms in total. The molecule has 138 valence electrons. The highest BCUT2D eigenvalue weighted by Crippen LogP contribution is 2.24. The number of halogens is 2. The second-order valence-corrected chi connectivity index (χ2v) is 8.14. The highest BCUT2D eigenvalue weighted by molar-refractivity contribution is 7.91. The van der Waals surface area contributed by atoms with Crippen LogP contribution in [-0.2, 0) is 9.84 Å². The van der Waals surface area contributed by atoms with Gasteiger partial charge in [0.1, 0.15) is 17.3 Å². The maximum Gasteiger partial charge on any atom is 0.322 e. The standard InChI is InChI=1S/C18H18F2N2O3S/c19-15-9-4-10-16(20)17(15)21-18(23)22-11-5-6-13(22)12-26(24,25)14-7-2-1-3-8-14/h1-4,7-10,13H,5-6,11-12H2,(H,21,23). The van der Waals surface area contributed by atoms with Crippen LogP contribution in [0.4, 0.5) is 19.3 Å². The van der Waals surface area contributed by atoms with Crippen molar-refractivity contribution in [2.75, 3.05) is 17.6 Å². The molecule has 1 heterocycles. The number of sulfone groups is 1. The average molecular weight is 380 g/mol. The predicted octanol–water partition coefficient (Wildman–Crippen LogP) is 3.44. The van der Waals surface area contributed by atoms with E-state index in [4.69, 9.17) is 0 Å². The second-order valence-electron chi connectivity index (χ2n) is 6.11. The first-order valence-corrected chi connectivity index (χ1v) is 9.83. The fourth-order valence-electron chi connectivity index (χ4n) is 3.05. The van der Waals surface area contributed by atoms with Crippen LogP contribution in [0.3, 0.4) is 0 Å². The summed E-state index contributed by atoms with van der Waals surface area (Å²) in [5.74, 6) is -2.00. The molecular weight excluding hydrogens is 362 g/mol. The average Bonchev–Trinajstić information content (AvgIpc) is 3.06. The van der Waals surface area contributed by atoms with Crippen LogP contribution in [0.2, 0.25) is 0 Å². The van der Waals surface area contributed by atoms with E-state index in [1.54, 1.807) is 18.2 Å². The smallest absolute Gasteiger partial charge is 0.321 e. The van der Waals surface area contributed by atoms with Crippen molar-refractivity contribution in [3.8, 4) is 0 Å². The van der Waals surface area contributed by atoms with Crippen LogP contribution in [0.5, 0.6) is 0 Å². The maximum absolute atomic E-state index is 13.7. The SMILES string of the molecule is O=C(Nc1c(F)cccc1F)N1CCCC1CS(=O)(=O)c1ccccc1. The summed E-state index contributed by atoms with van der Waals surface area (Å²) in [5, 5.41) is 2.22. The lowest BCUT2D eigenvalue weighted by atomic mass is 10.2. The molecule has 0 spiro atoms. The van der Waals surface area contributed by atoms with Gasteiger partial charge >= 0.3 is 6.03 Å². The molecule has 26 heavy (non-hydrogen) atoms. The van der Waals surface area contributed by atoms with E-state index in [1.807, 2.05) is 0 Å². The molecule has 0 saturated carbocycles. The molecular formula is C18H18F2N2O3S. The molecule has 1 atom stereocenters. The molecule has 8 heteroatoms. The molecule has 1 saturated heterocycles. The van der Waals surface area contributed by atoms with E-state index >= 15 is 0 Å². The van der Waals surface area contributed by atoms with Crippen molar-refractivity contribution in [2.45, 2.75) is 23.8 Å². The van der Waals surface area contributed by atoms with E-state index in [0.717, 1.165) is 12.1 Å². The van der Waals surface area contributed by atoms with Crippen molar-refractivity contribution in [1.82, 2.24) is 4.90 Å². The Bertz CT molecular complexity index is 884. The van der Waals surface area contributed by atoms with Crippen LogP contribution in [0.15, 0.2) is 53.4 Å². The van der Waals surface area contributed by atoms with Gasteiger partial charge in [-0.1, -0.05) is 24.3 Å². The van der Waals surface area contributed by atoms with Crippen molar-refractivity contribution in [3.63, 3.8) is 0 Å². The third-order valence-electron chi connectivity index (χ3n) is 4.35. The Morgan fingerprint density at radius 1 is 1.08 bits per heavy atom. The van der Waals surface area contributed by atoms with Gasteiger partial charge in [-0.3, -0.25) is 0 Å². The number of urea groups is 1. The fourth-order valence-corrected chi connectivity index (χ4v) is 4.67. The van der Waals surface area contributed by atoms with E-state index in [1.165, 1.54) is 23.1 Å². The van der Waals surface area contributed by atoms with Crippen LogP contribution >= 0.6 is 0 Å². The van der Waals surface area contributed by atoms with Crippen molar-refractivity contribution in [1.29, 1.82) is 0 Å². The van der Waals surface area contributed by atoms with E-state index in [9.17, 15) is 22.0 Å². The number of rotatable bonds is 4. The Hall–Kier alpha value is -2.48. The number of hydrogen-bond donors (Lipinski definition) is 1. The molecule has 1 aliphatic heterocycles. The number of carbonyl (C=O) groups excluding carboxylic acids is 1. The molecule has 2 aromatic carbocycles. The molecule has 1 fully saturated rings. The van der Waals surface area contributed by atoms with Gasteiger partial charge in [-0.05, 0) is 37.1 Å². The highest BCUT2D eigenvalue weighted by Gasteiger charge is 2.33. The van der Waals surface area contributed by atoms with E-state index < -0.39 is 39.2 Å². The lowest BCUT2D eigenvalue weighted by Gasteiger charge is -2.25. The van der Waals surface area contributed by atoms with E-state index in [0.29, 0.717) is 19.4 Å². The number of amides is 2. The number of likely N-dealkylation sites (tertiary alicyclic amines) is 1. The third-order valence-corrected chi connectivity index (χ3v) is 6.16. The number of hydrogen-bond acceptors (Lipinski definition) is 3. The van der Waals surface area contributed by atoms with Gasteiger partial charge in [0.2, 0.25) is 0 Å². The minimum atomic E-state index is -3.57. The van der Waals surface area contributed by atoms with Gasteiger partial charge in [0.25, 0.3) is 0 Å². The first-order chi connectivity index (χ1) is 12.4. The Morgan fingerprint density at radius 2 is 1.73 bits per heavy atom. The summed E-state index contributed by atoms with van der Waals surface area (Å²) in [6.07, 6.45) is 1.14. The third kappa shape index (κ3) is 3.85. The zero-order chi connectivity index (χ0) is 18.7. The van der Waals surface area contributed by atoms with Crippen molar-refractivity contribution < 1.29 is 22.0 Å². The van der Waals surface area contributed by atoms with Crippen LogP contribution in [-0.4, -0.2) is 37.7 Å². The van der Waals surface area contributed by atoms with Gasteiger partial charge in [-0.15, -0.1) is 0 Å². The number of anilines is 1. The van der Waals surface area contributed by atoms with Crippen molar-refractivity contribution in [2.24, 2.45) is 0 Å². The zero-order valence-electron chi connectivity index (χ0n) is 13.9. The fraction of sp³-hybridized carbons (Fsp3) is 0.278. The number of para-hydroxylation sites is 1. The minimum Gasteiger partial charge on any atom is -0.321 e. The molecule has 0 aromatic heterocycles. The van der Waals surface area contributed by atoms with Crippen LogP contribution in [0, 0.1) is 11.6 Å². The zero-order valence-corrected chi connectivity index (χ0v) is 14.7. The normalized spacial score (nSPS) is 17.3. The predicted molar refractivity (Wildman–Crippen MR) is 93.6 cm³/mol. The molecule has 0 radical (unpaired) electrons. The topological polar surface area (TPSA) is 66.5 Å². The summed E-state index contributed by atoms with van der Waals surface area (Å²) in [4.78, 5) is 14.0. The Morgan fingerprint density at radius 3 is 2.38 bits per heavy atom. The lowest BCUT2D eigenvalue weighted by Crippen LogP contribution is -2.42. The highest BCUT2D eigenvalue weighted by atomic mass is 32.2. The summed E-state index contributed by atoms with van der Waals surface area (Å²) < 4.78 is 52.5. The van der Waals surface area contributed by atoms with E-state index in [2.05, 4.69) is 5.32 Å². The first kappa shape index (κ1) is 18.3. The lowest BCUT2D eigenvalue weighted by molar-refractivity contribution is 0.210. The Balaban J connectivity index is 1.75. The monoisotopic (exact) mass is 380 g/mol. The summed E-state index contributed by atoms with van der Waals surface area (Å²) >= 11 is 0. The molecule has 1 aliphatic rings. The molecule has 0 aliphatic carbocycles. The van der Waals surface area contributed by atoms with Crippen molar-refractivity contribution >= 4 is 21.6 Å². The molecule has 3 rings (SSSR count). The second kappa shape index (κ2) is 7.41. The Kier molecular flexibility index (Phi) is 5.22. The maximum atomic E-state index is 13.7. The van der Waals surface area contributed by atoms with Crippen LogP contribution < -0.4 is 5.32 Å². The molecule has 2 aromatic rings. The van der Waals surface area contributed by atoms with Crippen LogP contribution in [0.1, 0.15) is 12.8 Å². The summed E-state index contributed by atoms with van der Waals surface area (Å²) in [7, 11) is -3.57. The molecule has 0 bridgehead atoms. The largest absolute Gasteiger partial charge is 0.322 e. The number of carbonyl (C=O) groups is 1. The van der Waals surface area contributed by atoms with Gasteiger partial charge in [0, 0.05) is 12.6 Å². The molecule has 1 N–H and O–H groups in total. The summed E-state index contributed by atoms with van der Waals surface area (Å²) in [6, 6.07) is 10.0. The number of nitrogens with zero attached hydrogens (tertiary/aromatic N) is 1. The molecule has 1 unspecified atom stereocenters. The summed E-state index contributed by atoms with van der Waals surface area (Å²) in [6.45, 7) is 0.330. The van der Waals surface area contributed by atoms with Gasteiger partial charge in [-0.25, -0.2) is 22.0 Å². The van der Waals surface area contributed by atoms with Gasteiger partial charge in [0.05, 0.1) is 10.6 Å². The minimum absolute atomic E-state index is 0.187. The first-order valence-electron chi connectivity index (χ1n) is 8.18. The van der Waals surface area contributed by atoms with Gasteiger partial charge in [-0.2, -0.15) is 0 Å². The number of benzene rings is 2. The van der Waals surface area contributed by atoms with Crippen LogP contribution in [0.25, 0.3) is 0 Å². The van der Waals surface area contributed by atoms with Gasteiger partial charge < -0.3 is 10.2 Å².